The standard InChI is InChI=1S/C17H21NO3S2/c1-12-6-11-15(22-12)14-9-7-13(8-10-14)4-3-5-16(23(2)21)17(19)18-20/h6-11,16,20H,3-5H2,1-2H3,(H,18,19). The molecule has 0 aliphatic heterocycles. The van der Waals surface area contributed by atoms with Gasteiger partial charge in [-0.1, -0.05) is 24.3 Å². The predicted octanol–water partition coefficient (Wildman–Crippen LogP) is 3.30. The van der Waals surface area contributed by atoms with Crippen molar-refractivity contribution in [3.63, 3.8) is 0 Å². The number of amides is 1. The first kappa shape index (κ1) is 17.8. The average molecular weight is 351 g/mol. The minimum absolute atomic E-state index is 0.487. The van der Waals surface area contributed by atoms with Crippen LogP contribution in [0, 0.1) is 6.92 Å². The molecule has 2 N–H and O–H groups in total. The Bertz CT molecular complexity index is 679. The highest BCUT2D eigenvalue weighted by atomic mass is 32.2. The zero-order valence-electron chi connectivity index (χ0n) is 13.2. The van der Waals surface area contributed by atoms with E-state index in [1.165, 1.54) is 27.1 Å². The van der Waals surface area contributed by atoms with Gasteiger partial charge in [-0.25, -0.2) is 5.48 Å². The smallest absolute Gasteiger partial charge is 0.259 e. The van der Waals surface area contributed by atoms with Crippen molar-refractivity contribution in [2.75, 3.05) is 6.26 Å². The highest BCUT2D eigenvalue weighted by molar-refractivity contribution is 7.85. The van der Waals surface area contributed by atoms with E-state index >= 15 is 0 Å². The van der Waals surface area contributed by atoms with Crippen molar-refractivity contribution in [1.29, 1.82) is 0 Å². The van der Waals surface area contributed by atoms with Gasteiger partial charge < -0.3 is 0 Å². The maximum atomic E-state index is 11.5. The second-order valence-corrected chi connectivity index (χ2v) is 8.32. The molecule has 1 aromatic heterocycles. The van der Waals surface area contributed by atoms with E-state index in [9.17, 15) is 9.00 Å². The van der Waals surface area contributed by atoms with Crippen LogP contribution in [0.3, 0.4) is 0 Å². The number of aryl methyl sites for hydroxylation is 2. The molecular formula is C17H21NO3S2. The molecule has 0 aliphatic rings. The summed E-state index contributed by atoms with van der Waals surface area (Å²) < 4.78 is 11.5. The predicted molar refractivity (Wildman–Crippen MR) is 95.2 cm³/mol. The molecular weight excluding hydrogens is 330 g/mol. The fraction of sp³-hybridized carbons (Fsp3) is 0.353. The molecule has 23 heavy (non-hydrogen) atoms. The first-order valence-electron chi connectivity index (χ1n) is 7.43. The fourth-order valence-electron chi connectivity index (χ4n) is 2.44. The Hall–Kier alpha value is -1.50. The molecule has 2 atom stereocenters. The molecule has 0 radical (unpaired) electrons. The summed E-state index contributed by atoms with van der Waals surface area (Å²) in [6.07, 6.45) is 3.53. The molecule has 2 rings (SSSR count). The summed E-state index contributed by atoms with van der Waals surface area (Å²) in [6, 6.07) is 12.6. The van der Waals surface area contributed by atoms with E-state index in [0.717, 1.165) is 12.8 Å². The summed E-state index contributed by atoms with van der Waals surface area (Å²) in [6.45, 7) is 2.10. The lowest BCUT2D eigenvalue weighted by Gasteiger charge is -2.11. The molecule has 0 fully saturated rings. The number of nitrogens with one attached hydrogen (secondary N) is 1. The average Bonchev–Trinajstić information content (AvgIpc) is 2.97. The van der Waals surface area contributed by atoms with Gasteiger partial charge in [-0.15, -0.1) is 11.3 Å². The van der Waals surface area contributed by atoms with Gasteiger partial charge in [0, 0.05) is 26.8 Å². The summed E-state index contributed by atoms with van der Waals surface area (Å²) in [5.74, 6) is -0.575. The number of hydroxylamine groups is 1. The Kier molecular flexibility index (Phi) is 6.50. The minimum Gasteiger partial charge on any atom is -0.289 e. The lowest BCUT2D eigenvalue weighted by molar-refractivity contribution is -0.128. The van der Waals surface area contributed by atoms with Gasteiger partial charge >= 0.3 is 0 Å². The summed E-state index contributed by atoms with van der Waals surface area (Å²) in [5, 5.41) is 8.02. The van der Waals surface area contributed by atoms with Gasteiger partial charge in [0.25, 0.3) is 5.91 Å². The van der Waals surface area contributed by atoms with Crippen LogP contribution in [0.2, 0.25) is 0 Å². The Morgan fingerprint density at radius 2 is 1.96 bits per heavy atom. The van der Waals surface area contributed by atoms with Gasteiger partial charge in [0.15, 0.2) is 0 Å². The minimum atomic E-state index is -1.29. The highest BCUT2D eigenvalue weighted by Gasteiger charge is 2.21. The third-order valence-electron chi connectivity index (χ3n) is 3.71. The first-order valence-corrected chi connectivity index (χ1v) is 9.87. The number of rotatable bonds is 7. The summed E-state index contributed by atoms with van der Waals surface area (Å²) >= 11 is 1.78. The van der Waals surface area contributed by atoms with E-state index in [0.29, 0.717) is 6.42 Å². The normalized spacial score (nSPS) is 13.5. The van der Waals surface area contributed by atoms with E-state index in [1.807, 2.05) is 0 Å². The Labute approximate surface area is 143 Å². The molecule has 1 amide bonds. The Morgan fingerprint density at radius 3 is 2.48 bits per heavy atom. The fourth-order valence-corrected chi connectivity index (χ4v) is 4.16. The van der Waals surface area contributed by atoms with Crippen molar-refractivity contribution in [3.8, 4) is 10.4 Å². The van der Waals surface area contributed by atoms with E-state index in [-0.39, 0.29) is 0 Å². The molecule has 124 valence electrons. The Balaban J connectivity index is 1.91. The van der Waals surface area contributed by atoms with Crippen LogP contribution in [0.4, 0.5) is 0 Å². The quantitative estimate of drug-likeness (QED) is 0.594. The Morgan fingerprint density at radius 1 is 1.26 bits per heavy atom. The molecule has 4 nitrogen and oxygen atoms in total. The second kappa shape index (κ2) is 8.38. The van der Waals surface area contributed by atoms with Gasteiger partial charge in [-0.05, 0) is 49.4 Å². The molecule has 0 spiro atoms. The van der Waals surface area contributed by atoms with E-state index in [1.54, 1.807) is 16.8 Å². The lowest BCUT2D eigenvalue weighted by atomic mass is 10.0. The summed E-state index contributed by atoms with van der Waals surface area (Å²) in [5.41, 5.74) is 3.99. The van der Waals surface area contributed by atoms with Crippen molar-refractivity contribution in [2.24, 2.45) is 0 Å². The molecule has 2 unspecified atom stereocenters. The molecule has 0 bridgehead atoms. The molecule has 0 aliphatic carbocycles. The van der Waals surface area contributed by atoms with Crippen molar-refractivity contribution in [2.45, 2.75) is 31.4 Å². The third-order valence-corrected chi connectivity index (χ3v) is 6.01. The van der Waals surface area contributed by atoms with Crippen molar-refractivity contribution in [3.05, 3.63) is 46.8 Å². The number of benzene rings is 1. The third kappa shape index (κ3) is 4.99. The number of carbonyl (C=O) groups is 1. The topological polar surface area (TPSA) is 66.4 Å². The molecule has 6 heteroatoms. The first-order chi connectivity index (χ1) is 11.0. The van der Waals surface area contributed by atoms with Crippen LogP contribution in [-0.2, 0) is 22.0 Å². The van der Waals surface area contributed by atoms with Crippen LogP contribution < -0.4 is 5.48 Å². The van der Waals surface area contributed by atoms with Crippen LogP contribution in [-0.4, -0.2) is 26.8 Å². The van der Waals surface area contributed by atoms with Gasteiger partial charge in [-0.2, -0.15) is 0 Å². The van der Waals surface area contributed by atoms with Crippen LogP contribution in [0.5, 0.6) is 0 Å². The van der Waals surface area contributed by atoms with Gasteiger partial charge in [0.1, 0.15) is 5.25 Å². The number of carbonyl (C=O) groups excluding carboxylic acids is 1. The monoisotopic (exact) mass is 351 g/mol. The highest BCUT2D eigenvalue weighted by Crippen LogP contribution is 2.27. The second-order valence-electron chi connectivity index (χ2n) is 5.46. The number of hydrogen-bond donors (Lipinski definition) is 2. The van der Waals surface area contributed by atoms with Crippen LogP contribution in [0.15, 0.2) is 36.4 Å². The lowest BCUT2D eigenvalue weighted by Crippen LogP contribution is -2.35. The van der Waals surface area contributed by atoms with Crippen LogP contribution >= 0.6 is 11.3 Å². The summed E-state index contributed by atoms with van der Waals surface area (Å²) in [7, 11) is -1.29. The van der Waals surface area contributed by atoms with E-state index in [4.69, 9.17) is 5.21 Å². The number of hydrogen-bond acceptors (Lipinski definition) is 4. The van der Waals surface area contributed by atoms with Crippen LogP contribution in [0.25, 0.3) is 10.4 Å². The zero-order valence-corrected chi connectivity index (χ0v) is 14.9. The van der Waals surface area contributed by atoms with Crippen molar-refractivity contribution in [1.82, 2.24) is 5.48 Å². The van der Waals surface area contributed by atoms with Crippen molar-refractivity contribution < 1.29 is 14.2 Å². The molecule has 1 aromatic carbocycles. The van der Waals surface area contributed by atoms with Gasteiger partial charge in [-0.3, -0.25) is 14.2 Å². The maximum absolute atomic E-state index is 11.5. The largest absolute Gasteiger partial charge is 0.289 e. The summed E-state index contributed by atoms with van der Waals surface area (Å²) in [4.78, 5) is 14.0. The van der Waals surface area contributed by atoms with Crippen molar-refractivity contribution >= 4 is 28.0 Å². The van der Waals surface area contributed by atoms with E-state index in [2.05, 4.69) is 43.3 Å². The molecule has 0 saturated heterocycles. The van der Waals surface area contributed by atoms with Gasteiger partial charge in [0.2, 0.25) is 0 Å². The molecule has 0 saturated carbocycles. The molecule has 2 aromatic rings. The molecule has 1 heterocycles. The van der Waals surface area contributed by atoms with Gasteiger partial charge in [0.05, 0.1) is 0 Å². The van der Waals surface area contributed by atoms with Crippen LogP contribution in [0.1, 0.15) is 23.3 Å². The number of thiophene rings is 1. The SMILES string of the molecule is Cc1ccc(-c2ccc(CCCC(C(=O)NO)S(C)=O)cc2)s1. The maximum Gasteiger partial charge on any atom is 0.259 e. The zero-order chi connectivity index (χ0) is 16.8. The van der Waals surface area contributed by atoms with E-state index < -0.39 is 22.0 Å².